The highest BCUT2D eigenvalue weighted by Crippen LogP contribution is 2.13. The molecule has 0 aliphatic rings. The predicted octanol–water partition coefficient (Wildman–Crippen LogP) is 4.22. The molecule has 0 saturated carbocycles. The van der Waals surface area contributed by atoms with Crippen molar-refractivity contribution in [2.45, 2.75) is 25.8 Å². The van der Waals surface area contributed by atoms with Crippen LogP contribution in [0.5, 0.6) is 5.75 Å². The monoisotopic (exact) mass is 347 g/mol. The fourth-order valence-corrected chi connectivity index (χ4v) is 2.57. The zero-order valence-corrected chi connectivity index (χ0v) is 14.2. The van der Waals surface area contributed by atoms with E-state index in [0.29, 0.717) is 6.04 Å². The highest BCUT2D eigenvalue weighted by atomic mass is 79.9. The summed E-state index contributed by atoms with van der Waals surface area (Å²) in [5, 5.41) is 3.58. The molecule has 0 aromatic heterocycles. The van der Waals surface area contributed by atoms with Gasteiger partial charge in [0.15, 0.2) is 0 Å². The molecule has 3 heteroatoms. The minimum Gasteiger partial charge on any atom is -0.497 e. The van der Waals surface area contributed by atoms with E-state index in [9.17, 15) is 0 Å². The summed E-state index contributed by atoms with van der Waals surface area (Å²) in [5.41, 5.74) is 2.70. The molecule has 0 fully saturated rings. The minimum atomic E-state index is 0.476. The van der Waals surface area contributed by atoms with Gasteiger partial charge in [0, 0.05) is 10.5 Å². The zero-order valence-electron chi connectivity index (χ0n) is 12.6. The van der Waals surface area contributed by atoms with Gasteiger partial charge in [0.25, 0.3) is 0 Å². The number of ether oxygens (including phenoxy) is 1. The van der Waals surface area contributed by atoms with Gasteiger partial charge >= 0.3 is 0 Å². The molecule has 2 aromatic rings. The van der Waals surface area contributed by atoms with Crippen molar-refractivity contribution in [3.05, 3.63) is 64.1 Å². The molecule has 2 aromatic carbocycles. The minimum absolute atomic E-state index is 0.476. The van der Waals surface area contributed by atoms with Crippen molar-refractivity contribution in [1.82, 2.24) is 5.32 Å². The molecular weight excluding hydrogens is 326 g/mol. The molecule has 2 nitrogen and oxygen atoms in total. The van der Waals surface area contributed by atoms with Crippen molar-refractivity contribution in [2.75, 3.05) is 13.7 Å². The molecule has 0 heterocycles. The molecule has 0 bridgehead atoms. The van der Waals surface area contributed by atoms with Gasteiger partial charge in [0.2, 0.25) is 0 Å². The summed E-state index contributed by atoms with van der Waals surface area (Å²) < 4.78 is 6.30. The van der Waals surface area contributed by atoms with Crippen LogP contribution in [0.1, 0.15) is 18.1 Å². The van der Waals surface area contributed by atoms with Crippen LogP contribution in [-0.4, -0.2) is 19.7 Å². The Hall–Kier alpha value is -1.32. The third-order valence-corrected chi connectivity index (χ3v) is 4.05. The van der Waals surface area contributed by atoms with E-state index in [0.717, 1.165) is 29.6 Å². The second-order valence-corrected chi connectivity index (χ2v) is 6.20. The Morgan fingerprint density at radius 3 is 2.24 bits per heavy atom. The topological polar surface area (TPSA) is 21.3 Å². The normalized spacial score (nSPS) is 12.1. The molecule has 0 aliphatic heterocycles. The zero-order chi connectivity index (χ0) is 15.1. The molecular formula is C18H22BrNO. The lowest BCUT2D eigenvalue weighted by atomic mass is 10.1. The van der Waals surface area contributed by atoms with Crippen LogP contribution < -0.4 is 10.1 Å². The Morgan fingerprint density at radius 2 is 1.62 bits per heavy atom. The summed E-state index contributed by atoms with van der Waals surface area (Å²) in [4.78, 5) is 0. The first kappa shape index (κ1) is 16.1. The van der Waals surface area contributed by atoms with Crippen molar-refractivity contribution in [1.29, 1.82) is 0 Å². The predicted molar refractivity (Wildman–Crippen MR) is 92.0 cm³/mol. The molecule has 2 rings (SSSR count). The van der Waals surface area contributed by atoms with Crippen LogP contribution in [0.25, 0.3) is 0 Å². The first-order valence-corrected chi connectivity index (χ1v) is 8.07. The SMILES string of the molecule is COc1ccc(CCNC(C)Cc2ccc(Br)cc2)cc1. The van der Waals surface area contributed by atoms with Crippen LogP contribution in [0, 0.1) is 0 Å². The average molecular weight is 348 g/mol. The van der Waals surface area contributed by atoms with Gasteiger partial charge in [-0.3, -0.25) is 0 Å². The van der Waals surface area contributed by atoms with E-state index in [1.54, 1.807) is 7.11 Å². The fourth-order valence-electron chi connectivity index (χ4n) is 2.30. The van der Waals surface area contributed by atoms with Gasteiger partial charge in [-0.25, -0.2) is 0 Å². The molecule has 0 saturated heterocycles. The van der Waals surface area contributed by atoms with Crippen molar-refractivity contribution < 1.29 is 4.74 Å². The fraction of sp³-hybridized carbons (Fsp3) is 0.333. The lowest BCUT2D eigenvalue weighted by molar-refractivity contribution is 0.414. The Bertz CT molecular complexity index is 536. The van der Waals surface area contributed by atoms with Crippen LogP contribution in [0.15, 0.2) is 53.0 Å². The maximum Gasteiger partial charge on any atom is 0.118 e. The Morgan fingerprint density at radius 1 is 1.00 bits per heavy atom. The van der Waals surface area contributed by atoms with Crippen molar-refractivity contribution in [3.8, 4) is 5.75 Å². The second-order valence-electron chi connectivity index (χ2n) is 5.28. The van der Waals surface area contributed by atoms with E-state index in [1.165, 1.54) is 11.1 Å². The molecule has 0 amide bonds. The van der Waals surface area contributed by atoms with Crippen molar-refractivity contribution in [3.63, 3.8) is 0 Å². The Balaban J connectivity index is 1.73. The quantitative estimate of drug-likeness (QED) is 0.809. The maximum atomic E-state index is 5.17. The number of rotatable bonds is 7. The third-order valence-electron chi connectivity index (χ3n) is 3.52. The van der Waals surface area contributed by atoms with Crippen LogP contribution in [-0.2, 0) is 12.8 Å². The van der Waals surface area contributed by atoms with E-state index in [4.69, 9.17) is 4.74 Å². The number of hydrogen-bond acceptors (Lipinski definition) is 2. The molecule has 112 valence electrons. The molecule has 1 N–H and O–H groups in total. The number of nitrogens with one attached hydrogen (secondary N) is 1. The van der Waals surface area contributed by atoms with Gasteiger partial charge in [-0.1, -0.05) is 40.2 Å². The van der Waals surface area contributed by atoms with E-state index < -0.39 is 0 Å². The molecule has 0 spiro atoms. The van der Waals surface area contributed by atoms with E-state index in [-0.39, 0.29) is 0 Å². The summed E-state index contributed by atoms with van der Waals surface area (Å²) >= 11 is 3.47. The van der Waals surface area contributed by atoms with Gasteiger partial charge in [0.1, 0.15) is 5.75 Å². The standard InChI is InChI=1S/C18H22BrNO/c1-14(13-16-3-7-17(19)8-4-16)20-12-11-15-5-9-18(21-2)10-6-15/h3-10,14,20H,11-13H2,1-2H3. The summed E-state index contributed by atoms with van der Waals surface area (Å²) in [5.74, 6) is 0.912. The lowest BCUT2D eigenvalue weighted by Gasteiger charge is -2.14. The Kier molecular flexibility index (Phi) is 6.27. The number of halogens is 1. The van der Waals surface area contributed by atoms with Crippen LogP contribution in [0.4, 0.5) is 0 Å². The van der Waals surface area contributed by atoms with Gasteiger partial charge in [-0.2, -0.15) is 0 Å². The van der Waals surface area contributed by atoms with E-state index in [2.05, 4.69) is 64.6 Å². The van der Waals surface area contributed by atoms with E-state index >= 15 is 0 Å². The summed E-state index contributed by atoms with van der Waals surface area (Å²) in [6, 6.07) is 17.3. The Labute approximate surface area is 135 Å². The maximum absolute atomic E-state index is 5.17. The van der Waals surface area contributed by atoms with Gasteiger partial charge in [0.05, 0.1) is 7.11 Å². The second kappa shape index (κ2) is 8.20. The largest absolute Gasteiger partial charge is 0.497 e. The smallest absolute Gasteiger partial charge is 0.118 e. The van der Waals surface area contributed by atoms with Crippen molar-refractivity contribution in [2.24, 2.45) is 0 Å². The average Bonchev–Trinajstić information content (AvgIpc) is 2.50. The van der Waals surface area contributed by atoms with Gasteiger partial charge in [-0.15, -0.1) is 0 Å². The first-order chi connectivity index (χ1) is 10.2. The summed E-state index contributed by atoms with van der Waals surface area (Å²) in [7, 11) is 1.69. The van der Waals surface area contributed by atoms with Crippen LogP contribution >= 0.6 is 15.9 Å². The molecule has 0 aliphatic carbocycles. The highest BCUT2D eigenvalue weighted by Gasteiger charge is 2.03. The third kappa shape index (κ3) is 5.52. The van der Waals surface area contributed by atoms with Crippen LogP contribution in [0.3, 0.4) is 0 Å². The number of methoxy groups -OCH3 is 1. The highest BCUT2D eigenvalue weighted by molar-refractivity contribution is 9.10. The lowest BCUT2D eigenvalue weighted by Crippen LogP contribution is -2.29. The molecule has 1 atom stereocenters. The summed E-state index contributed by atoms with van der Waals surface area (Å²) in [6.07, 6.45) is 2.09. The van der Waals surface area contributed by atoms with Gasteiger partial charge < -0.3 is 10.1 Å². The number of benzene rings is 2. The molecule has 0 radical (unpaired) electrons. The molecule has 21 heavy (non-hydrogen) atoms. The van der Waals surface area contributed by atoms with E-state index in [1.807, 2.05) is 12.1 Å². The molecule has 1 unspecified atom stereocenters. The summed E-state index contributed by atoms with van der Waals surface area (Å²) in [6.45, 7) is 3.22. The van der Waals surface area contributed by atoms with Gasteiger partial charge in [-0.05, 0) is 61.7 Å². The van der Waals surface area contributed by atoms with Crippen molar-refractivity contribution >= 4 is 15.9 Å². The van der Waals surface area contributed by atoms with Crippen LogP contribution in [0.2, 0.25) is 0 Å². The first-order valence-electron chi connectivity index (χ1n) is 7.28. The number of hydrogen-bond donors (Lipinski definition) is 1.